The highest BCUT2D eigenvalue weighted by atomic mass is 32.2. The van der Waals surface area contributed by atoms with Gasteiger partial charge >= 0.3 is 0 Å². The Morgan fingerprint density at radius 2 is 2.20 bits per heavy atom. The van der Waals surface area contributed by atoms with Gasteiger partial charge in [0.05, 0.1) is 0 Å². The molecule has 0 bridgehead atoms. The quantitative estimate of drug-likeness (QED) is 0.783. The Hall–Kier alpha value is -0.180. The molecule has 0 aromatic carbocycles. The van der Waals surface area contributed by atoms with E-state index >= 15 is 0 Å². The van der Waals surface area contributed by atoms with Gasteiger partial charge in [-0.2, -0.15) is 0 Å². The molecule has 3 heteroatoms. The molecule has 0 radical (unpaired) electrons. The fourth-order valence-electron chi connectivity index (χ4n) is 2.48. The normalized spacial score (nSPS) is 32.2. The molecule has 86 valence electrons. The summed E-state index contributed by atoms with van der Waals surface area (Å²) in [5, 5.41) is 4.73. The van der Waals surface area contributed by atoms with Crippen molar-refractivity contribution in [2.24, 2.45) is 16.8 Å². The molecule has 1 fully saturated rings. The van der Waals surface area contributed by atoms with Crippen molar-refractivity contribution < 1.29 is 0 Å². The van der Waals surface area contributed by atoms with E-state index in [1.165, 1.54) is 43.0 Å². The minimum absolute atomic E-state index is 0.879. The monoisotopic (exact) mass is 226 g/mol. The van der Waals surface area contributed by atoms with E-state index in [0.29, 0.717) is 0 Å². The van der Waals surface area contributed by atoms with Crippen LogP contribution in [0.2, 0.25) is 0 Å². The van der Waals surface area contributed by atoms with Crippen molar-refractivity contribution in [3.63, 3.8) is 0 Å². The Labute approximate surface area is 97.3 Å². The van der Waals surface area contributed by atoms with Crippen molar-refractivity contribution in [3.8, 4) is 0 Å². The summed E-state index contributed by atoms with van der Waals surface area (Å²) in [4.78, 5) is 4.51. The second-order valence-electron chi connectivity index (χ2n) is 4.79. The number of nitrogens with one attached hydrogen (secondary N) is 1. The zero-order chi connectivity index (χ0) is 10.5. The zero-order valence-corrected chi connectivity index (χ0v) is 10.5. The van der Waals surface area contributed by atoms with Gasteiger partial charge in [-0.15, -0.1) is 0 Å². The van der Waals surface area contributed by atoms with E-state index < -0.39 is 0 Å². The number of thioether (sulfide) groups is 1. The first-order chi connectivity index (χ1) is 7.36. The summed E-state index contributed by atoms with van der Waals surface area (Å²) < 4.78 is 0. The van der Waals surface area contributed by atoms with E-state index in [4.69, 9.17) is 0 Å². The van der Waals surface area contributed by atoms with Crippen molar-refractivity contribution in [3.05, 3.63) is 0 Å². The lowest BCUT2D eigenvalue weighted by molar-refractivity contribution is 0.257. The molecule has 1 aliphatic carbocycles. The largest absolute Gasteiger partial charge is 0.365 e. The van der Waals surface area contributed by atoms with Crippen molar-refractivity contribution in [1.29, 1.82) is 0 Å². The number of nitrogens with zero attached hydrogens (tertiary/aromatic N) is 1. The predicted molar refractivity (Wildman–Crippen MR) is 68.5 cm³/mol. The van der Waals surface area contributed by atoms with Crippen LogP contribution in [0.15, 0.2) is 4.99 Å². The van der Waals surface area contributed by atoms with Gasteiger partial charge in [0, 0.05) is 18.8 Å². The lowest BCUT2D eigenvalue weighted by Gasteiger charge is -2.29. The van der Waals surface area contributed by atoms with Gasteiger partial charge < -0.3 is 5.32 Å². The van der Waals surface area contributed by atoms with Crippen LogP contribution >= 0.6 is 11.8 Å². The van der Waals surface area contributed by atoms with E-state index in [0.717, 1.165) is 24.9 Å². The molecule has 1 N–H and O–H groups in total. The van der Waals surface area contributed by atoms with Crippen LogP contribution in [0, 0.1) is 11.8 Å². The van der Waals surface area contributed by atoms with Gasteiger partial charge in [0.15, 0.2) is 5.17 Å². The topological polar surface area (TPSA) is 24.4 Å². The molecule has 0 saturated heterocycles. The summed E-state index contributed by atoms with van der Waals surface area (Å²) in [6.45, 7) is 4.57. The minimum Gasteiger partial charge on any atom is -0.365 e. The van der Waals surface area contributed by atoms with E-state index in [2.05, 4.69) is 17.2 Å². The Kier molecular flexibility index (Phi) is 4.36. The third-order valence-corrected chi connectivity index (χ3v) is 4.64. The van der Waals surface area contributed by atoms with Gasteiger partial charge in [-0.05, 0) is 24.7 Å². The summed E-state index contributed by atoms with van der Waals surface area (Å²) in [5.41, 5.74) is 0. The number of rotatable bonds is 2. The molecule has 1 heterocycles. The van der Waals surface area contributed by atoms with E-state index in [1.54, 1.807) is 0 Å². The molecule has 1 aliphatic heterocycles. The summed E-state index contributed by atoms with van der Waals surface area (Å²) in [7, 11) is 0. The van der Waals surface area contributed by atoms with Crippen LogP contribution in [0.25, 0.3) is 0 Å². The number of amidine groups is 1. The molecule has 2 unspecified atom stereocenters. The molecule has 0 spiro atoms. The van der Waals surface area contributed by atoms with E-state index in [-0.39, 0.29) is 0 Å². The third-order valence-electron chi connectivity index (χ3n) is 3.60. The second-order valence-corrected chi connectivity index (χ2v) is 5.88. The van der Waals surface area contributed by atoms with Crippen molar-refractivity contribution in [2.45, 2.75) is 39.0 Å². The molecule has 2 aliphatic rings. The highest BCUT2D eigenvalue weighted by molar-refractivity contribution is 8.13. The number of aliphatic imine (C=N–C) groups is 1. The molecule has 0 amide bonds. The molecular weight excluding hydrogens is 204 g/mol. The predicted octanol–water partition coefficient (Wildman–Crippen LogP) is 2.90. The summed E-state index contributed by atoms with van der Waals surface area (Å²) in [6.07, 6.45) is 6.94. The first-order valence-electron chi connectivity index (χ1n) is 6.27. The molecule has 1 saturated carbocycles. The molecule has 0 aromatic rings. The zero-order valence-electron chi connectivity index (χ0n) is 9.67. The van der Waals surface area contributed by atoms with Crippen molar-refractivity contribution in [2.75, 3.05) is 18.8 Å². The summed E-state index contributed by atoms with van der Waals surface area (Å²) in [5.74, 6) is 3.02. The van der Waals surface area contributed by atoms with Gasteiger partial charge in [-0.1, -0.05) is 37.9 Å². The summed E-state index contributed by atoms with van der Waals surface area (Å²) >= 11 is 1.89. The summed E-state index contributed by atoms with van der Waals surface area (Å²) in [6, 6.07) is 0. The van der Waals surface area contributed by atoms with Gasteiger partial charge in [-0.3, -0.25) is 4.99 Å². The highest BCUT2D eigenvalue weighted by Crippen LogP contribution is 2.29. The molecular formula is C12H22N2S. The Morgan fingerprint density at radius 1 is 1.33 bits per heavy atom. The lowest BCUT2D eigenvalue weighted by Crippen LogP contribution is -2.33. The Morgan fingerprint density at radius 3 is 2.93 bits per heavy atom. The Bertz CT molecular complexity index is 228. The van der Waals surface area contributed by atoms with Crippen molar-refractivity contribution in [1.82, 2.24) is 5.32 Å². The van der Waals surface area contributed by atoms with Crippen LogP contribution in [-0.2, 0) is 0 Å². The van der Waals surface area contributed by atoms with Crippen LogP contribution in [0.3, 0.4) is 0 Å². The van der Waals surface area contributed by atoms with Gasteiger partial charge in [0.1, 0.15) is 0 Å². The fraction of sp³-hybridized carbons (Fsp3) is 0.917. The maximum atomic E-state index is 4.51. The molecule has 0 aromatic heterocycles. The first kappa shape index (κ1) is 11.3. The van der Waals surface area contributed by atoms with Crippen LogP contribution in [0.1, 0.15) is 39.0 Å². The maximum absolute atomic E-state index is 4.51. The third kappa shape index (κ3) is 3.40. The minimum atomic E-state index is 0.879. The second kappa shape index (κ2) is 5.78. The number of hydrogen-bond donors (Lipinski definition) is 1. The van der Waals surface area contributed by atoms with Crippen molar-refractivity contribution >= 4 is 16.9 Å². The molecule has 2 atom stereocenters. The molecule has 2 rings (SSSR count). The molecule has 15 heavy (non-hydrogen) atoms. The lowest BCUT2D eigenvalue weighted by atomic mass is 9.80. The maximum Gasteiger partial charge on any atom is 0.156 e. The van der Waals surface area contributed by atoms with Gasteiger partial charge in [-0.25, -0.2) is 0 Å². The van der Waals surface area contributed by atoms with Crippen LogP contribution in [-0.4, -0.2) is 24.0 Å². The Balaban J connectivity index is 1.74. The number of hydrogen-bond acceptors (Lipinski definition) is 3. The van der Waals surface area contributed by atoms with E-state index in [9.17, 15) is 0 Å². The highest BCUT2D eigenvalue weighted by Gasteiger charge is 2.21. The SMILES string of the molecule is CC1CCCCC1CNC1=NCCCS1. The average Bonchev–Trinajstić information content (AvgIpc) is 2.29. The molecule has 2 nitrogen and oxygen atoms in total. The standard InChI is InChI=1S/C12H22N2S/c1-10-5-2-3-6-11(10)9-14-12-13-7-4-8-15-12/h10-11H,2-9H2,1H3,(H,13,14). The van der Waals surface area contributed by atoms with Gasteiger partial charge in [0.2, 0.25) is 0 Å². The fourth-order valence-corrected chi connectivity index (χ4v) is 3.32. The van der Waals surface area contributed by atoms with E-state index in [1.807, 2.05) is 11.8 Å². The van der Waals surface area contributed by atoms with Gasteiger partial charge in [0.25, 0.3) is 0 Å². The smallest absolute Gasteiger partial charge is 0.156 e. The van der Waals surface area contributed by atoms with Crippen LogP contribution in [0.4, 0.5) is 0 Å². The first-order valence-corrected chi connectivity index (χ1v) is 7.26. The van der Waals surface area contributed by atoms with Crippen LogP contribution in [0.5, 0.6) is 0 Å². The van der Waals surface area contributed by atoms with Crippen LogP contribution < -0.4 is 5.32 Å². The average molecular weight is 226 g/mol.